The fourth-order valence-electron chi connectivity index (χ4n) is 2.24. The van der Waals surface area contributed by atoms with Gasteiger partial charge in [0.2, 0.25) is 6.79 Å². The van der Waals surface area contributed by atoms with E-state index in [4.69, 9.17) is 14.2 Å². The molecule has 2 heterocycles. The maximum atomic E-state index is 12.0. The summed E-state index contributed by atoms with van der Waals surface area (Å²) >= 11 is 0. The Morgan fingerprint density at radius 1 is 1.29 bits per heavy atom. The van der Waals surface area contributed by atoms with Gasteiger partial charge in [-0.15, -0.1) is 0 Å². The molecule has 0 aliphatic carbocycles. The molecule has 3 amide bonds. The number of carbonyl (C=O) groups excluding carboxylic acids is 3. The van der Waals surface area contributed by atoms with Crippen LogP contribution in [0, 0.1) is 0 Å². The average molecular weight is 336 g/mol. The Hall–Kier alpha value is -2.97. The molecular formula is C15H16N2O7. The van der Waals surface area contributed by atoms with Crippen molar-refractivity contribution < 1.29 is 33.3 Å². The van der Waals surface area contributed by atoms with Crippen molar-refractivity contribution >= 4 is 17.9 Å². The van der Waals surface area contributed by atoms with Gasteiger partial charge < -0.3 is 24.3 Å². The summed E-state index contributed by atoms with van der Waals surface area (Å²) in [5, 5.41) is 2.60. The van der Waals surface area contributed by atoms with E-state index in [-0.39, 0.29) is 32.4 Å². The molecule has 0 spiro atoms. The lowest BCUT2D eigenvalue weighted by atomic mass is 10.3. The first-order valence-corrected chi connectivity index (χ1v) is 7.36. The molecule has 3 rings (SSSR count). The molecule has 2 aliphatic heterocycles. The van der Waals surface area contributed by atoms with Crippen LogP contribution in [0.4, 0.5) is 4.79 Å². The van der Waals surface area contributed by atoms with Gasteiger partial charge in [0.15, 0.2) is 24.2 Å². The molecule has 9 nitrogen and oxygen atoms in total. The van der Waals surface area contributed by atoms with Crippen LogP contribution < -0.4 is 19.5 Å². The number of nitrogens with one attached hydrogen (secondary N) is 1. The highest BCUT2D eigenvalue weighted by molar-refractivity contribution is 5.97. The zero-order chi connectivity index (χ0) is 17.1. The first-order valence-electron chi connectivity index (χ1n) is 7.36. The lowest BCUT2D eigenvalue weighted by Crippen LogP contribution is -2.42. The summed E-state index contributed by atoms with van der Waals surface area (Å²) < 4.78 is 20.6. The fourth-order valence-corrected chi connectivity index (χ4v) is 2.24. The summed E-state index contributed by atoms with van der Waals surface area (Å²) in [5.41, 5.74) is 0. The van der Waals surface area contributed by atoms with E-state index in [1.54, 1.807) is 25.1 Å². The Bertz CT molecular complexity index is 660. The van der Waals surface area contributed by atoms with Gasteiger partial charge >= 0.3 is 6.09 Å². The van der Waals surface area contributed by atoms with Crippen LogP contribution >= 0.6 is 0 Å². The largest absolute Gasteiger partial charge is 0.481 e. The molecule has 1 aromatic rings. The minimum atomic E-state index is -0.758. The van der Waals surface area contributed by atoms with Gasteiger partial charge in [0.1, 0.15) is 5.75 Å². The third-order valence-electron chi connectivity index (χ3n) is 3.50. The van der Waals surface area contributed by atoms with E-state index in [0.717, 1.165) is 4.90 Å². The minimum Gasteiger partial charge on any atom is -0.481 e. The van der Waals surface area contributed by atoms with Crippen molar-refractivity contribution in [2.45, 2.75) is 13.0 Å². The smallest absolute Gasteiger partial charge is 0.417 e. The first kappa shape index (κ1) is 15.9. The Balaban J connectivity index is 1.46. The van der Waals surface area contributed by atoms with Crippen LogP contribution in [0.3, 0.4) is 0 Å². The maximum absolute atomic E-state index is 12.0. The van der Waals surface area contributed by atoms with Gasteiger partial charge in [-0.3, -0.25) is 9.59 Å². The summed E-state index contributed by atoms with van der Waals surface area (Å²) in [6.45, 7) is 1.67. The zero-order valence-electron chi connectivity index (χ0n) is 12.9. The molecule has 1 N–H and O–H groups in total. The quantitative estimate of drug-likeness (QED) is 0.795. The number of hydrogen-bond donors (Lipinski definition) is 1. The Kier molecular flexibility index (Phi) is 4.41. The average Bonchev–Trinajstić information content (AvgIpc) is 3.15. The number of fused-ring (bicyclic) bond motifs is 1. The summed E-state index contributed by atoms with van der Waals surface area (Å²) in [6, 6.07) is 5.02. The zero-order valence-corrected chi connectivity index (χ0v) is 12.9. The number of carbonyl (C=O) groups is 3. The van der Waals surface area contributed by atoms with E-state index in [1.165, 1.54) is 0 Å². The van der Waals surface area contributed by atoms with Crippen LogP contribution in [0.2, 0.25) is 0 Å². The van der Waals surface area contributed by atoms with Crippen LogP contribution in [0.1, 0.15) is 6.92 Å². The fraction of sp³-hybridized carbons (Fsp3) is 0.400. The molecule has 0 radical (unpaired) electrons. The summed E-state index contributed by atoms with van der Waals surface area (Å²) in [4.78, 5) is 35.6. The molecule has 0 unspecified atom stereocenters. The monoisotopic (exact) mass is 336 g/mol. The Morgan fingerprint density at radius 3 is 2.83 bits per heavy atom. The van der Waals surface area contributed by atoms with Crippen molar-refractivity contribution in [2.24, 2.45) is 0 Å². The predicted molar refractivity (Wildman–Crippen MR) is 78.7 cm³/mol. The lowest BCUT2D eigenvalue weighted by molar-refractivity contribution is -0.128. The predicted octanol–water partition coefficient (Wildman–Crippen LogP) is 0.278. The van der Waals surface area contributed by atoms with Gasteiger partial charge in [0.25, 0.3) is 11.8 Å². The Morgan fingerprint density at radius 2 is 2.08 bits per heavy atom. The van der Waals surface area contributed by atoms with E-state index in [0.29, 0.717) is 17.2 Å². The molecule has 9 heteroatoms. The molecule has 1 aromatic carbocycles. The molecule has 2 aliphatic rings. The van der Waals surface area contributed by atoms with E-state index in [2.05, 4.69) is 10.1 Å². The topological polar surface area (TPSA) is 103 Å². The third-order valence-corrected chi connectivity index (χ3v) is 3.50. The number of imide groups is 1. The molecule has 24 heavy (non-hydrogen) atoms. The van der Waals surface area contributed by atoms with E-state index < -0.39 is 18.1 Å². The maximum Gasteiger partial charge on any atom is 0.417 e. The van der Waals surface area contributed by atoms with Crippen molar-refractivity contribution in [2.75, 3.05) is 26.5 Å². The van der Waals surface area contributed by atoms with E-state index in [1.807, 2.05) is 0 Å². The summed E-state index contributed by atoms with van der Waals surface area (Å²) in [7, 11) is 0. The van der Waals surface area contributed by atoms with Gasteiger partial charge in [-0.25, -0.2) is 9.69 Å². The summed E-state index contributed by atoms with van der Waals surface area (Å²) in [6.07, 6.45) is -1.45. The molecule has 1 atom stereocenters. The number of ether oxygens (including phenoxy) is 4. The number of benzene rings is 1. The van der Waals surface area contributed by atoms with Gasteiger partial charge in [-0.1, -0.05) is 0 Å². The molecule has 0 aromatic heterocycles. The summed E-state index contributed by atoms with van der Waals surface area (Å²) in [5.74, 6) is 0.875. The van der Waals surface area contributed by atoms with Crippen molar-refractivity contribution in [3.8, 4) is 17.2 Å². The highest BCUT2D eigenvalue weighted by Crippen LogP contribution is 2.35. The second kappa shape index (κ2) is 6.65. The number of nitrogens with zero attached hydrogens (tertiary/aromatic N) is 1. The number of rotatable bonds is 6. The molecule has 128 valence electrons. The van der Waals surface area contributed by atoms with Gasteiger partial charge in [-0.05, 0) is 19.1 Å². The highest BCUT2D eigenvalue weighted by atomic mass is 16.7. The van der Waals surface area contributed by atoms with Gasteiger partial charge in [0.05, 0.1) is 0 Å². The van der Waals surface area contributed by atoms with E-state index in [9.17, 15) is 14.4 Å². The van der Waals surface area contributed by atoms with Crippen molar-refractivity contribution in [1.29, 1.82) is 0 Å². The molecule has 0 bridgehead atoms. The van der Waals surface area contributed by atoms with E-state index >= 15 is 0 Å². The third kappa shape index (κ3) is 3.34. The Labute approximate surface area is 137 Å². The normalized spacial score (nSPS) is 16.8. The van der Waals surface area contributed by atoms with Crippen LogP contribution in [0.15, 0.2) is 18.2 Å². The molecule has 1 saturated heterocycles. The van der Waals surface area contributed by atoms with Crippen molar-refractivity contribution in [1.82, 2.24) is 10.2 Å². The standard InChI is InChI=1S/C15H16N2O7/c1-9(24-10-2-3-11-12(6-10)23-8-22-11)14(19)16-4-5-17-13(18)7-21-15(17)20/h2-3,6,9H,4-5,7-8H2,1H3,(H,16,19)/t9-/m0/s1. The molecular weight excluding hydrogens is 320 g/mol. The number of cyclic esters (lactones) is 1. The molecule has 1 fully saturated rings. The van der Waals surface area contributed by atoms with Gasteiger partial charge in [0, 0.05) is 19.2 Å². The van der Waals surface area contributed by atoms with Crippen LogP contribution in [-0.2, 0) is 14.3 Å². The molecule has 0 saturated carbocycles. The van der Waals surface area contributed by atoms with Crippen LogP contribution in [0.25, 0.3) is 0 Å². The SMILES string of the molecule is C[C@H](Oc1ccc2c(c1)OCO2)C(=O)NCCN1C(=O)COC1=O. The first-order chi connectivity index (χ1) is 11.5. The number of hydrogen-bond acceptors (Lipinski definition) is 7. The lowest BCUT2D eigenvalue weighted by Gasteiger charge is -2.16. The second-order valence-electron chi connectivity index (χ2n) is 5.17. The van der Waals surface area contributed by atoms with Crippen molar-refractivity contribution in [3.05, 3.63) is 18.2 Å². The van der Waals surface area contributed by atoms with Crippen LogP contribution in [0.5, 0.6) is 17.2 Å². The number of amides is 3. The highest BCUT2D eigenvalue weighted by Gasteiger charge is 2.30. The van der Waals surface area contributed by atoms with Crippen molar-refractivity contribution in [3.63, 3.8) is 0 Å². The minimum absolute atomic E-state index is 0.0557. The van der Waals surface area contributed by atoms with Gasteiger partial charge in [-0.2, -0.15) is 0 Å². The second-order valence-corrected chi connectivity index (χ2v) is 5.17. The van der Waals surface area contributed by atoms with Crippen LogP contribution in [-0.4, -0.2) is 55.4 Å².